The van der Waals surface area contributed by atoms with E-state index in [1.807, 2.05) is 19.1 Å². The van der Waals surface area contributed by atoms with E-state index in [1.54, 1.807) is 6.33 Å². The first kappa shape index (κ1) is 15.9. The summed E-state index contributed by atoms with van der Waals surface area (Å²) >= 11 is 0. The summed E-state index contributed by atoms with van der Waals surface area (Å²) in [5, 5.41) is 13.2. The van der Waals surface area contributed by atoms with Crippen molar-refractivity contribution in [1.82, 2.24) is 14.9 Å². The number of aromatic nitrogens is 2. The summed E-state index contributed by atoms with van der Waals surface area (Å²) in [5.74, 6) is 1.10. The molecule has 0 radical (unpaired) electrons. The Balaban J connectivity index is 1.66. The Morgan fingerprint density at radius 1 is 1.26 bits per heavy atom. The van der Waals surface area contributed by atoms with E-state index in [9.17, 15) is 5.11 Å². The molecule has 0 unspecified atom stereocenters. The molecule has 2 atom stereocenters. The second-order valence-corrected chi connectivity index (χ2v) is 6.25. The Labute approximate surface area is 137 Å². The van der Waals surface area contributed by atoms with Crippen LogP contribution in [0, 0.1) is 12.8 Å². The fourth-order valence-electron chi connectivity index (χ4n) is 3.16. The van der Waals surface area contributed by atoms with E-state index in [0.29, 0.717) is 0 Å². The zero-order chi connectivity index (χ0) is 16.1. The molecule has 1 saturated heterocycles. The molecule has 2 aromatic rings. The maximum Gasteiger partial charge on any atom is 0.129 e. The maximum atomic E-state index is 9.68. The quantitative estimate of drug-likeness (QED) is 0.885. The molecule has 5 heteroatoms. The third-order valence-electron chi connectivity index (χ3n) is 4.46. The van der Waals surface area contributed by atoms with Gasteiger partial charge in [-0.15, -0.1) is 0 Å². The minimum atomic E-state index is 0.201. The molecule has 0 saturated carbocycles. The molecule has 2 N–H and O–H groups in total. The van der Waals surface area contributed by atoms with Gasteiger partial charge in [-0.1, -0.05) is 30.3 Å². The molecule has 5 nitrogen and oxygen atoms in total. The first-order valence-corrected chi connectivity index (χ1v) is 8.17. The smallest absolute Gasteiger partial charge is 0.129 e. The van der Waals surface area contributed by atoms with Gasteiger partial charge in [0.2, 0.25) is 0 Å². The number of anilines is 1. The lowest BCUT2D eigenvalue weighted by atomic mass is 9.92. The summed E-state index contributed by atoms with van der Waals surface area (Å²) in [4.78, 5) is 10.9. The molecular formula is C18H24N4O. The molecule has 0 bridgehead atoms. The number of nitrogens with one attached hydrogen (secondary N) is 1. The van der Waals surface area contributed by atoms with E-state index >= 15 is 0 Å². The average Bonchev–Trinajstić information content (AvgIpc) is 2.56. The van der Waals surface area contributed by atoms with Crippen molar-refractivity contribution in [3.05, 3.63) is 54.0 Å². The van der Waals surface area contributed by atoms with E-state index < -0.39 is 0 Å². The predicted molar refractivity (Wildman–Crippen MR) is 91.1 cm³/mol. The van der Waals surface area contributed by atoms with Crippen LogP contribution < -0.4 is 5.32 Å². The van der Waals surface area contributed by atoms with Crippen LogP contribution in [0.1, 0.15) is 17.7 Å². The minimum Gasteiger partial charge on any atom is -0.396 e. The number of piperidine rings is 1. The third kappa shape index (κ3) is 4.27. The van der Waals surface area contributed by atoms with Crippen LogP contribution in [0.5, 0.6) is 0 Å². The van der Waals surface area contributed by atoms with Gasteiger partial charge in [0, 0.05) is 43.4 Å². The standard InChI is InChI=1S/C18H24N4O/c1-14-9-18(20-13-19-14)21-17-11-22(8-7-16(17)12-23)10-15-5-3-2-4-6-15/h2-6,9,13,16-17,23H,7-8,10-12H2,1H3,(H,19,20,21)/t16-,17+/m0/s1. The van der Waals surface area contributed by atoms with Crippen molar-refractivity contribution in [3.63, 3.8) is 0 Å². The fraction of sp³-hybridized carbons (Fsp3) is 0.444. The summed E-state index contributed by atoms with van der Waals surface area (Å²) < 4.78 is 0. The minimum absolute atomic E-state index is 0.201. The molecule has 1 aromatic carbocycles. The van der Waals surface area contributed by atoms with Crippen molar-refractivity contribution < 1.29 is 5.11 Å². The van der Waals surface area contributed by atoms with Crippen molar-refractivity contribution >= 4 is 5.82 Å². The Kier molecular flexibility index (Phi) is 5.20. The molecule has 0 amide bonds. The number of aryl methyl sites for hydroxylation is 1. The molecule has 2 heterocycles. The molecule has 1 aromatic heterocycles. The van der Waals surface area contributed by atoms with Crippen LogP contribution in [0.3, 0.4) is 0 Å². The molecule has 3 rings (SSSR count). The van der Waals surface area contributed by atoms with Crippen LogP contribution in [0.15, 0.2) is 42.7 Å². The lowest BCUT2D eigenvalue weighted by molar-refractivity contribution is 0.115. The van der Waals surface area contributed by atoms with E-state index in [1.165, 1.54) is 5.56 Å². The summed E-state index contributed by atoms with van der Waals surface area (Å²) in [6.45, 7) is 5.03. The normalized spacial score (nSPS) is 22.0. The molecule has 0 aliphatic carbocycles. The summed E-state index contributed by atoms with van der Waals surface area (Å²) in [7, 11) is 0. The highest BCUT2D eigenvalue weighted by atomic mass is 16.3. The van der Waals surface area contributed by atoms with Crippen molar-refractivity contribution in [3.8, 4) is 0 Å². The number of aliphatic hydroxyl groups is 1. The van der Waals surface area contributed by atoms with Gasteiger partial charge in [-0.25, -0.2) is 9.97 Å². The van der Waals surface area contributed by atoms with E-state index in [2.05, 4.69) is 44.5 Å². The zero-order valence-electron chi connectivity index (χ0n) is 13.5. The van der Waals surface area contributed by atoms with Gasteiger partial charge in [-0.2, -0.15) is 0 Å². The van der Waals surface area contributed by atoms with Gasteiger partial charge in [-0.3, -0.25) is 4.90 Å². The molecule has 122 valence electrons. The molecule has 0 spiro atoms. The number of hydrogen-bond acceptors (Lipinski definition) is 5. The van der Waals surface area contributed by atoms with Crippen LogP contribution in [0.25, 0.3) is 0 Å². The lowest BCUT2D eigenvalue weighted by Crippen LogP contribution is -2.48. The van der Waals surface area contributed by atoms with Gasteiger partial charge in [0.15, 0.2) is 0 Å². The molecule has 23 heavy (non-hydrogen) atoms. The van der Waals surface area contributed by atoms with Gasteiger partial charge in [0.25, 0.3) is 0 Å². The van der Waals surface area contributed by atoms with Gasteiger partial charge >= 0.3 is 0 Å². The van der Waals surface area contributed by atoms with E-state index in [4.69, 9.17) is 0 Å². The van der Waals surface area contributed by atoms with Gasteiger partial charge in [-0.05, 0) is 25.5 Å². The molecule has 1 fully saturated rings. The lowest BCUT2D eigenvalue weighted by Gasteiger charge is -2.38. The maximum absolute atomic E-state index is 9.68. The highest BCUT2D eigenvalue weighted by molar-refractivity contribution is 5.36. The van der Waals surface area contributed by atoms with Crippen LogP contribution in [0.4, 0.5) is 5.82 Å². The first-order chi connectivity index (χ1) is 11.2. The van der Waals surface area contributed by atoms with Gasteiger partial charge in [0.1, 0.15) is 12.1 Å². The van der Waals surface area contributed by atoms with Gasteiger partial charge in [0.05, 0.1) is 0 Å². The Bertz CT molecular complexity index is 619. The van der Waals surface area contributed by atoms with Crippen molar-refractivity contribution in [2.24, 2.45) is 5.92 Å². The van der Waals surface area contributed by atoms with Gasteiger partial charge < -0.3 is 10.4 Å². The number of benzene rings is 1. The van der Waals surface area contributed by atoms with Crippen LogP contribution >= 0.6 is 0 Å². The first-order valence-electron chi connectivity index (χ1n) is 8.17. The fourth-order valence-corrected chi connectivity index (χ4v) is 3.16. The highest BCUT2D eigenvalue weighted by Gasteiger charge is 2.29. The highest BCUT2D eigenvalue weighted by Crippen LogP contribution is 2.22. The number of nitrogens with zero attached hydrogens (tertiary/aromatic N) is 3. The number of hydrogen-bond donors (Lipinski definition) is 2. The van der Waals surface area contributed by atoms with E-state index in [0.717, 1.165) is 37.6 Å². The number of rotatable bonds is 5. The predicted octanol–water partition coefficient (Wildman–Crippen LogP) is 2.08. The largest absolute Gasteiger partial charge is 0.396 e. The molecule has 1 aliphatic rings. The molecule has 1 aliphatic heterocycles. The average molecular weight is 312 g/mol. The number of likely N-dealkylation sites (tertiary alicyclic amines) is 1. The zero-order valence-corrected chi connectivity index (χ0v) is 13.5. The summed E-state index contributed by atoms with van der Waals surface area (Å²) in [6.07, 6.45) is 2.57. The van der Waals surface area contributed by atoms with Crippen molar-refractivity contribution in [2.75, 3.05) is 25.0 Å². The topological polar surface area (TPSA) is 61.3 Å². The third-order valence-corrected chi connectivity index (χ3v) is 4.46. The van der Waals surface area contributed by atoms with Crippen LogP contribution in [-0.2, 0) is 6.54 Å². The van der Waals surface area contributed by atoms with Crippen LogP contribution in [-0.4, -0.2) is 45.7 Å². The second-order valence-electron chi connectivity index (χ2n) is 6.25. The van der Waals surface area contributed by atoms with Crippen molar-refractivity contribution in [2.45, 2.75) is 25.9 Å². The van der Waals surface area contributed by atoms with E-state index in [-0.39, 0.29) is 18.6 Å². The Morgan fingerprint density at radius 2 is 2.09 bits per heavy atom. The summed E-state index contributed by atoms with van der Waals surface area (Å²) in [5.41, 5.74) is 2.27. The summed E-state index contributed by atoms with van der Waals surface area (Å²) in [6, 6.07) is 12.7. The van der Waals surface area contributed by atoms with Crippen LogP contribution in [0.2, 0.25) is 0 Å². The Morgan fingerprint density at radius 3 is 2.83 bits per heavy atom. The molecular weight excluding hydrogens is 288 g/mol. The monoisotopic (exact) mass is 312 g/mol. The Hall–Kier alpha value is -1.98. The second kappa shape index (κ2) is 7.53. The number of aliphatic hydroxyl groups excluding tert-OH is 1. The van der Waals surface area contributed by atoms with Crippen molar-refractivity contribution in [1.29, 1.82) is 0 Å². The SMILES string of the molecule is Cc1cc(N[C@@H]2CN(Cc3ccccc3)CC[C@H]2CO)ncn1.